The van der Waals surface area contributed by atoms with E-state index in [-0.39, 0.29) is 37.9 Å². The lowest BCUT2D eigenvalue weighted by Crippen LogP contribution is -2.42. The van der Waals surface area contributed by atoms with Crippen LogP contribution in [0.1, 0.15) is 53.9 Å². The Morgan fingerprint density at radius 3 is 2.54 bits per heavy atom. The van der Waals surface area contributed by atoms with Gasteiger partial charge in [0.2, 0.25) is 11.6 Å². The Hall–Kier alpha value is -2.82. The molecule has 1 aliphatic heterocycles. The molecule has 39 heavy (non-hydrogen) atoms. The number of hydrogen-bond donors (Lipinski definition) is 2. The Kier molecular flexibility index (Phi) is 12.5. The van der Waals surface area contributed by atoms with Gasteiger partial charge in [-0.25, -0.2) is 4.79 Å². The molecule has 0 spiro atoms. The van der Waals surface area contributed by atoms with Crippen LogP contribution in [0.2, 0.25) is 0 Å². The van der Waals surface area contributed by atoms with Crippen LogP contribution in [0.3, 0.4) is 0 Å². The number of allylic oxidation sites excluding steroid dienone is 4. The second-order valence-corrected chi connectivity index (χ2v) is 10.7. The van der Waals surface area contributed by atoms with Crippen molar-refractivity contribution in [3.8, 4) is 0 Å². The van der Waals surface area contributed by atoms with Crippen LogP contribution in [0.4, 0.5) is 4.79 Å². The average Bonchev–Trinajstić information content (AvgIpc) is 2.88. The van der Waals surface area contributed by atoms with E-state index in [1.807, 2.05) is 13.0 Å². The number of nitrogens with zero attached hydrogens (tertiary/aromatic N) is 1. The monoisotopic (exact) mass is 549 g/mol. The van der Waals surface area contributed by atoms with Crippen molar-refractivity contribution >= 4 is 23.6 Å². The molecule has 1 fully saturated rings. The highest BCUT2D eigenvalue weighted by atomic mass is 16.6. The van der Waals surface area contributed by atoms with Gasteiger partial charge in [-0.3, -0.25) is 14.4 Å². The molecule has 218 valence electrons. The van der Waals surface area contributed by atoms with Gasteiger partial charge in [-0.15, -0.1) is 0 Å². The molecule has 0 radical (unpaired) electrons. The van der Waals surface area contributed by atoms with Gasteiger partial charge in [0.1, 0.15) is 11.7 Å². The molecule has 1 heterocycles. The van der Waals surface area contributed by atoms with E-state index < -0.39 is 47.2 Å². The minimum absolute atomic E-state index is 0.0589. The zero-order valence-corrected chi connectivity index (χ0v) is 23.6. The number of hydrogen-bond acceptors (Lipinski definition) is 9. The van der Waals surface area contributed by atoms with Crippen LogP contribution in [0.25, 0.3) is 0 Å². The SMILES string of the molecule is CC(=O)O[C@H]1/C=C/[C@H](C)[C@@H](/C(C)=C/C=C/[C@@H](C)COC(=O)N2CCOCC2)C(=O)C(=O)C[C@@H](O)CC[C@]1(C)O. The predicted octanol–water partition coefficient (Wildman–Crippen LogP) is 2.77. The standard InChI is InChI=1S/C29H43NO9/c1-19(18-38-28(35)30-13-15-37-16-14-30)7-6-8-20(2)26-21(3)9-10-25(39-22(4)31)29(5,36)12-11-23(32)17-24(33)27(26)34/h6-10,19,21,23,25-26,32,36H,11-18H2,1-5H3/b7-6+,10-9+,20-8+/t19-,21+,23+,25+,26-,29+/m1/s1. The molecule has 0 aromatic rings. The first kappa shape index (κ1) is 32.4. The van der Waals surface area contributed by atoms with Crippen LogP contribution >= 0.6 is 0 Å². The number of esters is 1. The maximum Gasteiger partial charge on any atom is 0.409 e. The number of rotatable bonds is 6. The second kappa shape index (κ2) is 15.1. The molecule has 2 rings (SSSR count). The highest BCUT2D eigenvalue weighted by Crippen LogP contribution is 2.29. The maximum atomic E-state index is 13.2. The van der Waals surface area contributed by atoms with Gasteiger partial charge in [0.05, 0.1) is 31.8 Å². The normalized spacial score (nSPS) is 31.3. The quantitative estimate of drug-likeness (QED) is 0.221. The van der Waals surface area contributed by atoms with Gasteiger partial charge < -0.3 is 29.3 Å². The van der Waals surface area contributed by atoms with E-state index in [9.17, 15) is 29.4 Å². The van der Waals surface area contributed by atoms with E-state index >= 15 is 0 Å². The molecule has 1 amide bonds. The summed E-state index contributed by atoms with van der Waals surface area (Å²) in [5.41, 5.74) is -0.846. The van der Waals surface area contributed by atoms with Gasteiger partial charge in [0, 0.05) is 32.4 Å². The van der Waals surface area contributed by atoms with Crippen LogP contribution < -0.4 is 0 Å². The first-order valence-electron chi connectivity index (χ1n) is 13.5. The fourth-order valence-corrected chi connectivity index (χ4v) is 4.59. The van der Waals surface area contributed by atoms with E-state index in [1.54, 1.807) is 43.1 Å². The van der Waals surface area contributed by atoms with Crippen LogP contribution in [0.5, 0.6) is 0 Å². The van der Waals surface area contributed by atoms with E-state index in [0.717, 1.165) is 0 Å². The highest BCUT2D eigenvalue weighted by Gasteiger charge is 2.36. The van der Waals surface area contributed by atoms with Crippen LogP contribution in [-0.2, 0) is 28.6 Å². The zero-order chi connectivity index (χ0) is 29.2. The van der Waals surface area contributed by atoms with Crippen molar-refractivity contribution in [2.75, 3.05) is 32.9 Å². The molecule has 0 bridgehead atoms. The second-order valence-electron chi connectivity index (χ2n) is 10.7. The van der Waals surface area contributed by atoms with Crippen LogP contribution in [0, 0.1) is 17.8 Å². The minimum Gasteiger partial charge on any atom is -0.455 e. The minimum atomic E-state index is -1.47. The van der Waals surface area contributed by atoms with Crippen molar-refractivity contribution in [1.29, 1.82) is 0 Å². The molecule has 0 aromatic carbocycles. The van der Waals surface area contributed by atoms with Gasteiger partial charge in [0.25, 0.3) is 0 Å². The first-order valence-corrected chi connectivity index (χ1v) is 13.5. The summed E-state index contributed by atoms with van der Waals surface area (Å²) in [7, 11) is 0. The van der Waals surface area contributed by atoms with Gasteiger partial charge in [-0.2, -0.15) is 0 Å². The molecule has 2 N–H and O–H groups in total. The van der Waals surface area contributed by atoms with E-state index in [1.165, 1.54) is 13.8 Å². The summed E-state index contributed by atoms with van der Waals surface area (Å²) in [6.07, 6.45) is 5.85. The van der Waals surface area contributed by atoms with Crippen molar-refractivity contribution in [2.24, 2.45) is 17.8 Å². The Balaban J connectivity index is 2.18. The summed E-state index contributed by atoms with van der Waals surface area (Å²) in [5, 5.41) is 21.3. The average molecular weight is 550 g/mol. The molecule has 0 saturated carbocycles. The Morgan fingerprint density at radius 1 is 1.23 bits per heavy atom. The van der Waals surface area contributed by atoms with E-state index in [4.69, 9.17) is 14.2 Å². The van der Waals surface area contributed by atoms with Gasteiger partial charge >= 0.3 is 12.1 Å². The van der Waals surface area contributed by atoms with E-state index in [0.29, 0.717) is 31.9 Å². The molecule has 2 aliphatic rings. The van der Waals surface area contributed by atoms with Crippen LogP contribution in [0.15, 0.2) is 36.0 Å². The van der Waals surface area contributed by atoms with Gasteiger partial charge in [-0.1, -0.05) is 43.7 Å². The largest absolute Gasteiger partial charge is 0.455 e. The van der Waals surface area contributed by atoms with Crippen molar-refractivity contribution in [3.05, 3.63) is 36.0 Å². The molecule has 10 nitrogen and oxygen atoms in total. The molecule has 10 heteroatoms. The molecular formula is C29H43NO9. The molecule has 0 aromatic heterocycles. The third-order valence-corrected chi connectivity index (χ3v) is 7.01. The Bertz CT molecular complexity index is 962. The maximum absolute atomic E-state index is 13.2. The lowest BCUT2D eigenvalue weighted by atomic mass is 9.79. The molecule has 1 saturated heterocycles. The lowest BCUT2D eigenvalue weighted by molar-refractivity contribution is -0.156. The number of ether oxygens (including phenoxy) is 3. The summed E-state index contributed by atoms with van der Waals surface area (Å²) in [6.45, 7) is 10.3. The topological polar surface area (TPSA) is 140 Å². The summed E-state index contributed by atoms with van der Waals surface area (Å²) in [5.74, 6) is -3.24. The smallest absolute Gasteiger partial charge is 0.409 e. The number of amides is 1. The number of morpholine rings is 1. The Labute approximate surface area is 230 Å². The van der Waals surface area contributed by atoms with Crippen molar-refractivity contribution < 1.29 is 43.6 Å². The van der Waals surface area contributed by atoms with E-state index in [2.05, 4.69) is 0 Å². The summed E-state index contributed by atoms with van der Waals surface area (Å²) in [6, 6.07) is 0. The van der Waals surface area contributed by atoms with Gasteiger partial charge in [-0.05, 0) is 38.7 Å². The van der Waals surface area contributed by atoms with Crippen molar-refractivity contribution in [3.63, 3.8) is 0 Å². The highest BCUT2D eigenvalue weighted by molar-refractivity contribution is 6.38. The summed E-state index contributed by atoms with van der Waals surface area (Å²) < 4.78 is 15.9. The fourth-order valence-electron chi connectivity index (χ4n) is 4.59. The first-order chi connectivity index (χ1) is 18.3. The molecule has 6 atom stereocenters. The number of carbonyl (C=O) groups is 4. The lowest BCUT2D eigenvalue weighted by Gasteiger charge is -2.32. The van der Waals surface area contributed by atoms with Crippen molar-refractivity contribution in [1.82, 2.24) is 4.90 Å². The number of aliphatic hydroxyl groups is 2. The predicted molar refractivity (Wildman–Crippen MR) is 144 cm³/mol. The summed E-state index contributed by atoms with van der Waals surface area (Å²) >= 11 is 0. The Morgan fingerprint density at radius 2 is 1.90 bits per heavy atom. The number of aliphatic hydroxyl groups excluding tert-OH is 1. The van der Waals surface area contributed by atoms with Crippen molar-refractivity contribution in [2.45, 2.75) is 71.7 Å². The van der Waals surface area contributed by atoms with Crippen LogP contribution in [-0.4, -0.2) is 89.5 Å². The fraction of sp³-hybridized carbons (Fsp3) is 0.655. The number of carbonyl (C=O) groups excluding carboxylic acids is 4. The van der Waals surface area contributed by atoms with Gasteiger partial charge in [0.15, 0.2) is 0 Å². The molecular weight excluding hydrogens is 506 g/mol. The molecule has 0 unspecified atom stereocenters. The zero-order valence-electron chi connectivity index (χ0n) is 23.6. The number of ketones is 2. The third kappa shape index (κ3) is 10.3. The summed E-state index contributed by atoms with van der Waals surface area (Å²) in [4.78, 5) is 51.4. The third-order valence-electron chi connectivity index (χ3n) is 7.01. The number of Topliss-reactive ketones (excluding diaryl/α,β-unsaturated/α-hetero) is 2. The molecule has 1 aliphatic carbocycles.